The van der Waals surface area contributed by atoms with Gasteiger partial charge >= 0.3 is 6.09 Å². The van der Waals surface area contributed by atoms with Crippen LogP contribution in [0.25, 0.3) is 5.70 Å². The van der Waals surface area contributed by atoms with Crippen molar-refractivity contribution < 1.29 is 9.53 Å². The van der Waals surface area contributed by atoms with E-state index < -0.39 is 5.60 Å². The van der Waals surface area contributed by atoms with Crippen LogP contribution in [-0.4, -0.2) is 23.1 Å². The second kappa shape index (κ2) is 4.24. The van der Waals surface area contributed by atoms with Gasteiger partial charge in [-0.15, -0.1) is 0 Å². The molecule has 0 aromatic heterocycles. The molecule has 90 valence electrons. The summed E-state index contributed by atoms with van der Waals surface area (Å²) in [4.78, 5) is 13.5. The first-order chi connectivity index (χ1) is 7.97. The Labute approximate surface area is 102 Å². The van der Waals surface area contributed by atoms with Gasteiger partial charge in [-0.05, 0) is 32.4 Å². The van der Waals surface area contributed by atoms with Crippen LogP contribution in [0.3, 0.4) is 0 Å². The van der Waals surface area contributed by atoms with Crippen molar-refractivity contribution in [2.45, 2.75) is 26.4 Å². The predicted molar refractivity (Wildman–Crippen MR) is 67.4 cm³/mol. The van der Waals surface area contributed by atoms with Crippen molar-refractivity contribution >= 4 is 11.8 Å². The van der Waals surface area contributed by atoms with E-state index in [1.807, 2.05) is 57.2 Å². The van der Waals surface area contributed by atoms with Crippen molar-refractivity contribution in [2.24, 2.45) is 0 Å². The smallest absolute Gasteiger partial charge is 0.415 e. The van der Waals surface area contributed by atoms with Crippen LogP contribution in [0.1, 0.15) is 26.3 Å². The number of ether oxygens (including phenoxy) is 1. The highest BCUT2D eigenvalue weighted by molar-refractivity contribution is 5.86. The number of amides is 1. The second-order valence-electron chi connectivity index (χ2n) is 5.05. The van der Waals surface area contributed by atoms with E-state index in [1.165, 1.54) is 0 Å². The van der Waals surface area contributed by atoms with Gasteiger partial charge in [-0.25, -0.2) is 4.79 Å². The second-order valence-corrected chi connectivity index (χ2v) is 5.05. The van der Waals surface area contributed by atoms with Gasteiger partial charge in [-0.3, -0.25) is 4.90 Å². The molecule has 0 fully saturated rings. The molecule has 1 aliphatic rings. The molecule has 0 aliphatic carbocycles. The lowest BCUT2D eigenvalue weighted by Gasteiger charge is -2.33. The lowest BCUT2D eigenvalue weighted by Crippen LogP contribution is -2.40. The number of nitrogens with zero attached hydrogens (tertiary/aromatic N) is 1. The summed E-state index contributed by atoms with van der Waals surface area (Å²) in [5.74, 6) is 0. The van der Waals surface area contributed by atoms with Crippen molar-refractivity contribution in [1.82, 2.24) is 4.90 Å². The Morgan fingerprint density at radius 3 is 2.35 bits per heavy atom. The number of rotatable bonds is 1. The molecule has 2 rings (SSSR count). The molecular weight excluding hydrogens is 214 g/mol. The van der Waals surface area contributed by atoms with Gasteiger partial charge < -0.3 is 4.74 Å². The van der Waals surface area contributed by atoms with Gasteiger partial charge in [-0.1, -0.05) is 30.3 Å². The van der Waals surface area contributed by atoms with E-state index in [0.717, 1.165) is 11.3 Å². The minimum absolute atomic E-state index is 0.279. The Balaban J connectivity index is 2.07. The molecular formula is C14H17NO2. The summed E-state index contributed by atoms with van der Waals surface area (Å²) in [5.41, 5.74) is 1.53. The van der Waals surface area contributed by atoms with Crippen molar-refractivity contribution in [3.63, 3.8) is 0 Å². The summed E-state index contributed by atoms with van der Waals surface area (Å²) >= 11 is 0. The third kappa shape index (κ3) is 2.67. The highest BCUT2D eigenvalue weighted by Gasteiger charge is 2.29. The fraction of sp³-hybridized carbons (Fsp3) is 0.357. The van der Waals surface area contributed by atoms with Gasteiger partial charge in [0.15, 0.2) is 0 Å². The average Bonchev–Trinajstić information content (AvgIpc) is 2.14. The van der Waals surface area contributed by atoms with Gasteiger partial charge in [-0.2, -0.15) is 0 Å². The standard InChI is InChI=1S/C14H17NO2/c1-14(2,3)17-13(16)15-10-9-12(15)11-7-5-4-6-8-11/h4-9H,10H2,1-3H3. The van der Waals surface area contributed by atoms with E-state index in [-0.39, 0.29) is 6.09 Å². The Kier molecular flexibility index (Phi) is 2.92. The van der Waals surface area contributed by atoms with Gasteiger partial charge in [0.2, 0.25) is 0 Å². The van der Waals surface area contributed by atoms with Crippen molar-refractivity contribution in [1.29, 1.82) is 0 Å². The van der Waals surface area contributed by atoms with Gasteiger partial charge in [0.1, 0.15) is 5.60 Å². The summed E-state index contributed by atoms with van der Waals surface area (Å²) in [7, 11) is 0. The SMILES string of the molecule is CC(C)(C)OC(=O)N1CC=C1c1ccccc1. The first-order valence-electron chi connectivity index (χ1n) is 5.73. The quantitative estimate of drug-likeness (QED) is 0.742. The van der Waals surface area contributed by atoms with Crippen LogP contribution >= 0.6 is 0 Å². The van der Waals surface area contributed by atoms with Crippen LogP contribution < -0.4 is 0 Å². The average molecular weight is 231 g/mol. The molecule has 3 heteroatoms. The third-order valence-corrected chi connectivity index (χ3v) is 2.44. The summed E-state index contributed by atoms with van der Waals surface area (Å²) < 4.78 is 5.34. The maximum Gasteiger partial charge on any atom is 0.415 e. The Hall–Kier alpha value is -1.77. The maximum atomic E-state index is 11.9. The van der Waals surface area contributed by atoms with E-state index in [0.29, 0.717) is 6.54 Å². The zero-order chi connectivity index (χ0) is 12.5. The Bertz CT molecular complexity index is 443. The van der Waals surface area contributed by atoms with E-state index in [9.17, 15) is 4.79 Å². The van der Waals surface area contributed by atoms with Crippen LogP contribution in [0.2, 0.25) is 0 Å². The number of carbonyl (C=O) groups excluding carboxylic acids is 1. The van der Waals surface area contributed by atoms with Gasteiger partial charge in [0.05, 0.1) is 5.70 Å². The minimum Gasteiger partial charge on any atom is -0.443 e. The van der Waals surface area contributed by atoms with Crippen molar-refractivity contribution in [2.75, 3.05) is 6.54 Å². The molecule has 1 aliphatic heterocycles. The molecule has 0 radical (unpaired) electrons. The lowest BCUT2D eigenvalue weighted by molar-refractivity contribution is 0.0349. The molecule has 0 atom stereocenters. The van der Waals surface area contributed by atoms with Gasteiger partial charge in [0, 0.05) is 6.54 Å². The van der Waals surface area contributed by atoms with Crippen LogP contribution in [0.5, 0.6) is 0 Å². The largest absolute Gasteiger partial charge is 0.443 e. The first-order valence-corrected chi connectivity index (χ1v) is 5.73. The number of benzene rings is 1. The summed E-state index contributed by atoms with van der Waals surface area (Å²) in [6.07, 6.45) is 1.75. The molecule has 0 saturated carbocycles. The Morgan fingerprint density at radius 1 is 1.24 bits per heavy atom. The summed E-state index contributed by atoms with van der Waals surface area (Å²) in [6.45, 7) is 6.24. The summed E-state index contributed by atoms with van der Waals surface area (Å²) in [6, 6.07) is 9.86. The molecule has 1 aromatic rings. The molecule has 0 spiro atoms. The molecule has 0 N–H and O–H groups in total. The van der Waals surface area contributed by atoms with Crippen LogP contribution in [0.4, 0.5) is 4.79 Å². The monoisotopic (exact) mass is 231 g/mol. The highest BCUT2D eigenvalue weighted by atomic mass is 16.6. The molecule has 3 nitrogen and oxygen atoms in total. The zero-order valence-electron chi connectivity index (χ0n) is 10.4. The fourth-order valence-corrected chi connectivity index (χ4v) is 1.65. The van der Waals surface area contributed by atoms with E-state index >= 15 is 0 Å². The van der Waals surface area contributed by atoms with E-state index in [2.05, 4.69) is 0 Å². The lowest BCUT2D eigenvalue weighted by atomic mass is 10.1. The predicted octanol–water partition coefficient (Wildman–Crippen LogP) is 3.28. The topological polar surface area (TPSA) is 29.5 Å². The number of hydrogen-bond acceptors (Lipinski definition) is 2. The maximum absolute atomic E-state index is 11.9. The third-order valence-electron chi connectivity index (χ3n) is 2.44. The van der Waals surface area contributed by atoms with Gasteiger partial charge in [0.25, 0.3) is 0 Å². The highest BCUT2D eigenvalue weighted by Crippen LogP contribution is 2.27. The molecule has 1 amide bonds. The number of hydrogen-bond donors (Lipinski definition) is 0. The molecule has 17 heavy (non-hydrogen) atoms. The first kappa shape index (κ1) is 11.7. The molecule has 0 saturated heterocycles. The molecule has 1 aromatic carbocycles. The van der Waals surface area contributed by atoms with Crippen molar-refractivity contribution in [3.8, 4) is 0 Å². The zero-order valence-corrected chi connectivity index (χ0v) is 10.4. The van der Waals surface area contributed by atoms with Crippen molar-refractivity contribution in [3.05, 3.63) is 42.0 Å². The van der Waals surface area contributed by atoms with Crippen LogP contribution in [0, 0.1) is 0 Å². The fourth-order valence-electron chi connectivity index (χ4n) is 1.65. The molecule has 0 unspecified atom stereocenters. The van der Waals surface area contributed by atoms with E-state index in [1.54, 1.807) is 4.90 Å². The molecule has 1 heterocycles. The minimum atomic E-state index is -0.450. The summed E-state index contributed by atoms with van der Waals surface area (Å²) in [5, 5.41) is 0. The van der Waals surface area contributed by atoms with Crippen LogP contribution in [0.15, 0.2) is 36.4 Å². The normalized spacial score (nSPS) is 15.0. The van der Waals surface area contributed by atoms with Crippen LogP contribution in [-0.2, 0) is 4.74 Å². The Morgan fingerprint density at radius 2 is 1.88 bits per heavy atom. The van der Waals surface area contributed by atoms with E-state index in [4.69, 9.17) is 4.74 Å². The molecule has 0 bridgehead atoms. The number of carbonyl (C=O) groups is 1.